The summed E-state index contributed by atoms with van der Waals surface area (Å²) in [5, 5.41) is 6.64. The minimum absolute atomic E-state index is 0.563. The number of para-hydroxylation sites is 2. The summed E-state index contributed by atoms with van der Waals surface area (Å²) in [5.41, 5.74) is 13.3. The fourth-order valence-electron chi connectivity index (χ4n) is 10.7. The van der Waals surface area contributed by atoms with Crippen LogP contribution < -0.4 is 4.74 Å². The number of fused-ring (bicyclic) bond motifs is 14. The first-order chi connectivity index (χ1) is 32.2. The highest BCUT2D eigenvalue weighted by molar-refractivity contribution is 6.11. The van der Waals surface area contributed by atoms with Gasteiger partial charge >= 0.3 is 0 Å². The van der Waals surface area contributed by atoms with Crippen molar-refractivity contribution in [1.82, 2.24) is 15.0 Å². The molecule has 12 aromatic rings. The zero-order valence-electron chi connectivity index (χ0n) is 34.9. The summed E-state index contributed by atoms with van der Waals surface area (Å²) in [4.78, 5) is 15.4. The molecule has 5 heteroatoms. The number of ether oxygens (including phenoxy) is 1. The molecule has 14 rings (SSSR count). The molecule has 1 spiro atoms. The van der Waals surface area contributed by atoms with Crippen LogP contribution in [0, 0.1) is 0 Å². The number of hydrogen-bond acceptors (Lipinski definition) is 5. The molecule has 10 aromatic carbocycles. The lowest BCUT2D eigenvalue weighted by Gasteiger charge is -2.39. The molecule has 5 nitrogen and oxygen atoms in total. The third-order valence-corrected chi connectivity index (χ3v) is 13.6. The molecule has 0 radical (unpaired) electrons. The summed E-state index contributed by atoms with van der Waals surface area (Å²) >= 11 is 0. The Morgan fingerprint density at radius 1 is 0.308 bits per heavy atom. The molecule has 0 N–H and O–H groups in total. The van der Waals surface area contributed by atoms with Crippen LogP contribution in [0.2, 0.25) is 0 Å². The van der Waals surface area contributed by atoms with Gasteiger partial charge in [0, 0.05) is 38.6 Å². The standard InChI is InChI=1S/C60H35N3O2/c1-2-15-37(16-3-1)57-61-58(40-27-26-36-14-4-5-17-38(36)32-40)63-59(62-57)45-30-29-41(42-18-6-7-19-43(42)45)39-28-31-53-47(33-39)48-34-46-44-20-8-9-21-49(44)60(52(46)35-56(48)64-53)50-22-10-12-24-54(50)65-55-25-13-11-23-51(55)60/h1-35H. The summed E-state index contributed by atoms with van der Waals surface area (Å²) in [6.45, 7) is 0. The highest BCUT2D eigenvalue weighted by Gasteiger charge is 2.51. The van der Waals surface area contributed by atoms with Crippen LogP contribution in [-0.4, -0.2) is 15.0 Å². The van der Waals surface area contributed by atoms with Crippen molar-refractivity contribution in [3.63, 3.8) is 0 Å². The van der Waals surface area contributed by atoms with E-state index in [9.17, 15) is 0 Å². The molecule has 3 heterocycles. The molecule has 1 aliphatic heterocycles. The van der Waals surface area contributed by atoms with E-state index in [0.29, 0.717) is 17.5 Å². The van der Waals surface area contributed by atoms with E-state index in [1.54, 1.807) is 0 Å². The van der Waals surface area contributed by atoms with Gasteiger partial charge < -0.3 is 9.15 Å². The van der Waals surface area contributed by atoms with Gasteiger partial charge in [-0.3, -0.25) is 0 Å². The summed E-state index contributed by atoms with van der Waals surface area (Å²) in [5.74, 6) is 3.64. The summed E-state index contributed by atoms with van der Waals surface area (Å²) in [7, 11) is 0. The van der Waals surface area contributed by atoms with Gasteiger partial charge in [0.1, 0.15) is 22.7 Å². The van der Waals surface area contributed by atoms with Crippen molar-refractivity contribution >= 4 is 43.5 Å². The van der Waals surface area contributed by atoms with Gasteiger partial charge in [-0.15, -0.1) is 0 Å². The number of hydrogen-bond donors (Lipinski definition) is 0. The van der Waals surface area contributed by atoms with Gasteiger partial charge in [-0.25, -0.2) is 15.0 Å². The molecule has 2 aliphatic rings. The summed E-state index contributed by atoms with van der Waals surface area (Å²) < 4.78 is 13.4. The lowest BCUT2D eigenvalue weighted by molar-refractivity contribution is 0.436. The van der Waals surface area contributed by atoms with E-state index in [1.807, 2.05) is 30.3 Å². The molecule has 0 unspecified atom stereocenters. The van der Waals surface area contributed by atoms with E-state index in [1.165, 1.54) is 27.6 Å². The zero-order valence-corrected chi connectivity index (χ0v) is 34.9. The average Bonchev–Trinajstić information content (AvgIpc) is 3.87. The van der Waals surface area contributed by atoms with Crippen molar-refractivity contribution < 1.29 is 9.15 Å². The molecule has 302 valence electrons. The highest BCUT2D eigenvalue weighted by Crippen LogP contribution is 2.62. The Bertz CT molecular complexity index is 3900. The lowest BCUT2D eigenvalue weighted by Crippen LogP contribution is -2.32. The van der Waals surface area contributed by atoms with Crippen LogP contribution in [0.1, 0.15) is 22.3 Å². The lowest BCUT2D eigenvalue weighted by atomic mass is 9.66. The van der Waals surface area contributed by atoms with Gasteiger partial charge in [-0.1, -0.05) is 164 Å². The van der Waals surface area contributed by atoms with E-state index in [4.69, 9.17) is 24.1 Å². The number of nitrogens with zero attached hydrogens (tertiary/aromatic N) is 3. The van der Waals surface area contributed by atoms with Gasteiger partial charge in [0.25, 0.3) is 0 Å². The zero-order chi connectivity index (χ0) is 42.6. The van der Waals surface area contributed by atoms with E-state index >= 15 is 0 Å². The third-order valence-electron chi connectivity index (χ3n) is 13.6. The fourth-order valence-corrected chi connectivity index (χ4v) is 10.7. The molecule has 0 amide bonds. The molecule has 2 aromatic heterocycles. The van der Waals surface area contributed by atoms with E-state index in [-0.39, 0.29) is 0 Å². The first-order valence-electron chi connectivity index (χ1n) is 22.0. The van der Waals surface area contributed by atoms with E-state index in [0.717, 1.165) is 88.5 Å². The number of benzene rings is 10. The SMILES string of the molecule is c1ccc(-c2nc(-c3ccc4ccccc4c3)nc(-c3ccc(-c4ccc5oc6cc7c(cc6c5c4)-c4ccccc4C74c5ccccc5Oc5ccccc54)c4ccccc34)n2)cc1. The van der Waals surface area contributed by atoms with Crippen LogP contribution in [0.3, 0.4) is 0 Å². The Labute approximate surface area is 373 Å². The second-order valence-corrected chi connectivity index (χ2v) is 17.0. The molecule has 65 heavy (non-hydrogen) atoms. The predicted octanol–water partition coefficient (Wildman–Crippen LogP) is 15.2. The van der Waals surface area contributed by atoms with E-state index < -0.39 is 5.41 Å². The van der Waals surface area contributed by atoms with Crippen molar-refractivity contribution in [3.05, 3.63) is 235 Å². The first kappa shape index (κ1) is 35.9. The topological polar surface area (TPSA) is 61.0 Å². The van der Waals surface area contributed by atoms with Crippen LogP contribution in [0.4, 0.5) is 0 Å². The molecule has 0 bridgehead atoms. The Morgan fingerprint density at radius 3 is 1.71 bits per heavy atom. The maximum atomic E-state index is 6.81. The Hall–Kier alpha value is -8.67. The number of aromatic nitrogens is 3. The highest BCUT2D eigenvalue weighted by atomic mass is 16.5. The van der Waals surface area contributed by atoms with Crippen LogP contribution >= 0.6 is 0 Å². The molecule has 0 fully saturated rings. The van der Waals surface area contributed by atoms with Crippen LogP contribution in [0.5, 0.6) is 11.5 Å². The minimum Gasteiger partial charge on any atom is -0.457 e. The summed E-state index contributed by atoms with van der Waals surface area (Å²) in [6.07, 6.45) is 0. The monoisotopic (exact) mass is 829 g/mol. The Kier molecular flexibility index (Phi) is 7.54. The Balaban J connectivity index is 0.934. The van der Waals surface area contributed by atoms with Gasteiger partial charge in [-0.05, 0) is 103 Å². The quantitative estimate of drug-likeness (QED) is 0.177. The first-order valence-corrected chi connectivity index (χ1v) is 22.0. The Morgan fingerprint density at radius 2 is 0.908 bits per heavy atom. The molecule has 1 aliphatic carbocycles. The number of furan rings is 1. The second kappa shape index (κ2) is 13.7. The van der Waals surface area contributed by atoms with Crippen LogP contribution in [-0.2, 0) is 5.41 Å². The van der Waals surface area contributed by atoms with Crippen LogP contribution in [0.15, 0.2) is 217 Å². The van der Waals surface area contributed by atoms with Gasteiger partial charge in [-0.2, -0.15) is 0 Å². The van der Waals surface area contributed by atoms with Crippen molar-refractivity contribution in [2.75, 3.05) is 0 Å². The largest absolute Gasteiger partial charge is 0.457 e. The molecular formula is C60H35N3O2. The predicted molar refractivity (Wildman–Crippen MR) is 261 cm³/mol. The maximum absolute atomic E-state index is 6.81. The smallest absolute Gasteiger partial charge is 0.164 e. The molecule has 0 saturated heterocycles. The van der Waals surface area contributed by atoms with Crippen LogP contribution in [0.25, 0.3) is 99.9 Å². The van der Waals surface area contributed by atoms with Gasteiger partial charge in [0.2, 0.25) is 0 Å². The molecule has 0 saturated carbocycles. The van der Waals surface area contributed by atoms with E-state index in [2.05, 4.69) is 182 Å². The van der Waals surface area contributed by atoms with Gasteiger partial charge in [0.15, 0.2) is 17.5 Å². The maximum Gasteiger partial charge on any atom is 0.164 e. The van der Waals surface area contributed by atoms with Crippen molar-refractivity contribution in [2.24, 2.45) is 0 Å². The molecule has 0 atom stereocenters. The fraction of sp³-hybridized carbons (Fsp3) is 0.0167. The van der Waals surface area contributed by atoms with Crippen molar-refractivity contribution in [3.8, 4) is 67.9 Å². The normalized spacial score (nSPS) is 13.2. The average molecular weight is 830 g/mol. The third kappa shape index (κ3) is 5.24. The minimum atomic E-state index is -0.563. The molecular weight excluding hydrogens is 795 g/mol. The van der Waals surface area contributed by atoms with Crippen molar-refractivity contribution in [2.45, 2.75) is 5.41 Å². The van der Waals surface area contributed by atoms with Gasteiger partial charge in [0.05, 0.1) is 5.41 Å². The summed E-state index contributed by atoms with van der Waals surface area (Å²) in [6, 6.07) is 74.9. The van der Waals surface area contributed by atoms with Crippen molar-refractivity contribution in [1.29, 1.82) is 0 Å². The second-order valence-electron chi connectivity index (χ2n) is 17.0. The number of rotatable bonds is 4.